The zero-order valence-electron chi connectivity index (χ0n) is 21.9. The maximum atomic E-state index is 16.1. The number of halogens is 1. The molecule has 1 aliphatic heterocycles. The zero-order valence-corrected chi connectivity index (χ0v) is 23.6. The minimum atomic E-state index is -4.77. The van der Waals surface area contributed by atoms with Gasteiger partial charge in [0.05, 0.1) is 18.0 Å². The second-order valence-electron chi connectivity index (χ2n) is 9.38. The number of aromatic nitrogens is 4. The van der Waals surface area contributed by atoms with Gasteiger partial charge >= 0.3 is 13.6 Å². The topological polar surface area (TPSA) is 186 Å². The Balaban J connectivity index is 1.51. The molecule has 4 N–H and O–H groups in total. The number of rotatable bonds is 9. The van der Waals surface area contributed by atoms with Crippen LogP contribution < -0.4 is 10.9 Å². The molecule has 2 aromatic heterocycles. The smallest absolute Gasteiger partial charge is 0.338 e. The molecule has 5 atom stereocenters. The highest BCUT2D eigenvalue weighted by atomic mass is 32.2. The highest BCUT2D eigenvalue weighted by Crippen LogP contribution is 2.53. The number of fused-ring (bicyclic) bond motifs is 1. The lowest BCUT2D eigenvalue weighted by Gasteiger charge is -2.22. The number of nitrogens with one attached hydrogen (secondary N) is 2. The Morgan fingerprint density at radius 1 is 1.19 bits per heavy atom. The molecule has 220 valence electrons. The van der Waals surface area contributed by atoms with Crippen LogP contribution in [0.3, 0.4) is 0 Å². The molecule has 0 spiro atoms. The van der Waals surface area contributed by atoms with Gasteiger partial charge in [0.1, 0.15) is 4.99 Å². The van der Waals surface area contributed by atoms with Gasteiger partial charge in [0.25, 0.3) is 5.56 Å². The number of hydrogen-bond acceptors (Lipinski definition) is 9. The summed E-state index contributed by atoms with van der Waals surface area (Å²) in [5.74, 6) is -1.58. The second kappa shape index (κ2) is 12.2. The van der Waals surface area contributed by atoms with E-state index in [0.717, 1.165) is 18.1 Å². The first-order chi connectivity index (χ1) is 20.0. The number of hydrogen-bond donors (Lipinski definition) is 4. The number of imidazole rings is 1. The van der Waals surface area contributed by atoms with E-state index in [4.69, 9.17) is 9.47 Å². The van der Waals surface area contributed by atoms with Crippen molar-refractivity contribution in [2.75, 3.05) is 5.32 Å². The fraction of sp³-hybridized carbons (Fsp3) is 0.269. The van der Waals surface area contributed by atoms with Gasteiger partial charge in [-0.1, -0.05) is 36.4 Å². The Kier molecular flexibility index (Phi) is 8.57. The van der Waals surface area contributed by atoms with E-state index in [0.29, 0.717) is 4.90 Å². The zero-order chi connectivity index (χ0) is 30.0. The van der Waals surface area contributed by atoms with Crippen molar-refractivity contribution in [1.29, 1.82) is 0 Å². The molecule has 0 aliphatic carbocycles. The molecule has 1 saturated heterocycles. The maximum absolute atomic E-state index is 16.1. The van der Waals surface area contributed by atoms with Crippen molar-refractivity contribution in [2.45, 2.75) is 47.8 Å². The van der Waals surface area contributed by atoms with E-state index in [1.807, 2.05) is 0 Å². The third-order valence-electron chi connectivity index (χ3n) is 6.34. The van der Waals surface area contributed by atoms with Gasteiger partial charge in [-0.05, 0) is 24.3 Å². The lowest BCUT2D eigenvalue weighted by atomic mass is 10.1. The lowest BCUT2D eigenvalue weighted by molar-refractivity contribution is -0.114. The van der Waals surface area contributed by atoms with Crippen LogP contribution in [0.4, 0.5) is 10.3 Å². The first-order valence-corrected chi connectivity index (χ1v) is 15.1. The van der Waals surface area contributed by atoms with E-state index in [2.05, 4.69) is 20.3 Å². The standard InChI is InChI=1S/C26H25FN5O8PS/c1-14(33)29-26-30-22-20(23(34)31-26)28-13-32(22)24-21(40-25(35)15-8-4-2-5-9-15)19(27)17(39-24)12-18(41(36,37)38)42-16-10-6-3-7-11-16/h2-11,13,17-19,21,24H,12H2,1H3,(H2,36,37,38)(H2,29,30,31,33,34). The van der Waals surface area contributed by atoms with Gasteiger partial charge in [0.2, 0.25) is 11.9 Å². The van der Waals surface area contributed by atoms with Gasteiger partial charge in [-0.2, -0.15) is 4.98 Å². The van der Waals surface area contributed by atoms with Gasteiger partial charge < -0.3 is 19.3 Å². The van der Waals surface area contributed by atoms with Crippen LogP contribution in [-0.2, 0) is 18.8 Å². The highest BCUT2D eigenvalue weighted by molar-refractivity contribution is 8.05. The van der Waals surface area contributed by atoms with E-state index in [1.165, 1.54) is 23.6 Å². The van der Waals surface area contributed by atoms with Crippen LogP contribution >= 0.6 is 19.4 Å². The monoisotopic (exact) mass is 617 g/mol. The summed E-state index contributed by atoms with van der Waals surface area (Å²) in [7, 11) is -4.77. The molecule has 5 unspecified atom stereocenters. The number of anilines is 1. The van der Waals surface area contributed by atoms with Crippen molar-refractivity contribution in [2.24, 2.45) is 0 Å². The highest BCUT2D eigenvalue weighted by Gasteiger charge is 2.51. The Bertz CT molecular complexity index is 1700. The van der Waals surface area contributed by atoms with Crippen molar-refractivity contribution < 1.29 is 37.8 Å². The van der Waals surface area contributed by atoms with Crippen molar-refractivity contribution >= 4 is 48.3 Å². The van der Waals surface area contributed by atoms with E-state index in [-0.39, 0.29) is 22.7 Å². The first kappa shape index (κ1) is 29.6. The van der Waals surface area contributed by atoms with Crippen LogP contribution in [-0.4, -0.2) is 64.6 Å². The molecule has 2 aromatic carbocycles. The van der Waals surface area contributed by atoms with Gasteiger partial charge in [-0.3, -0.25) is 29.0 Å². The van der Waals surface area contributed by atoms with Crippen LogP contribution in [0.2, 0.25) is 0 Å². The van der Waals surface area contributed by atoms with Crippen LogP contribution in [0.25, 0.3) is 11.2 Å². The molecule has 0 bridgehead atoms. The number of carbonyl (C=O) groups excluding carboxylic acids is 2. The van der Waals surface area contributed by atoms with E-state index in [9.17, 15) is 28.7 Å². The van der Waals surface area contributed by atoms with Crippen LogP contribution in [0.5, 0.6) is 0 Å². The quantitative estimate of drug-likeness (QED) is 0.123. The molecule has 1 amide bonds. The summed E-state index contributed by atoms with van der Waals surface area (Å²) in [5.41, 5.74) is -0.830. The van der Waals surface area contributed by atoms with Gasteiger partial charge in [-0.25, -0.2) is 14.2 Å². The Morgan fingerprint density at radius 3 is 2.50 bits per heavy atom. The van der Waals surface area contributed by atoms with Crippen molar-refractivity contribution in [1.82, 2.24) is 19.5 Å². The third kappa shape index (κ3) is 6.45. The van der Waals surface area contributed by atoms with Crippen LogP contribution in [0.1, 0.15) is 29.9 Å². The number of aromatic amines is 1. The van der Waals surface area contributed by atoms with Gasteiger partial charge in [-0.15, -0.1) is 11.8 Å². The Morgan fingerprint density at radius 2 is 1.86 bits per heavy atom. The normalized spacial score (nSPS) is 21.2. The predicted octanol–water partition coefficient (Wildman–Crippen LogP) is 3.23. The SMILES string of the molecule is CC(=O)Nc1nc2c(ncn2C2OC(CC(Sc3ccccc3)P(=O)(O)O)C(F)C2OC(=O)c2ccccc2)c(=O)[nH]1. The number of H-pyrrole nitrogens is 1. The molecule has 1 fully saturated rings. The largest absolute Gasteiger partial charge is 0.451 e. The lowest BCUT2D eigenvalue weighted by Crippen LogP contribution is -2.34. The molecule has 3 heterocycles. The molecule has 4 aromatic rings. The van der Waals surface area contributed by atoms with E-state index in [1.54, 1.807) is 48.5 Å². The molecular weight excluding hydrogens is 592 g/mol. The summed E-state index contributed by atoms with van der Waals surface area (Å²) in [6.07, 6.45) is -5.83. The molecule has 5 rings (SSSR count). The number of carbonyl (C=O) groups is 2. The number of nitrogens with zero attached hydrogens (tertiary/aromatic N) is 3. The fourth-order valence-electron chi connectivity index (χ4n) is 4.45. The van der Waals surface area contributed by atoms with Crippen molar-refractivity contribution in [3.05, 3.63) is 82.9 Å². The molecule has 0 saturated carbocycles. The Hall–Kier alpha value is -3.88. The van der Waals surface area contributed by atoms with Gasteiger partial charge in [0, 0.05) is 18.2 Å². The van der Waals surface area contributed by atoms with E-state index < -0.39 is 61.1 Å². The number of amides is 1. The molecule has 16 heteroatoms. The molecule has 42 heavy (non-hydrogen) atoms. The fourth-order valence-corrected chi connectivity index (χ4v) is 6.76. The molecular formula is C26H25FN5O8PS. The number of thioether (sulfide) groups is 1. The average molecular weight is 618 g/mol. The van der Waals surface area contributed by atoms with Gasteiger partial charge in [0.15, 0.2) is 29.7 Å². The summed E-state index contributed by atoms with van der Waals surface area (Å²) in [5, 5.41) is 2.36. The molecule has 1 aliphatic rings. The van der Waals surface area contributed by atoms with Crippen molar-refractivity contribution in [3.63, 3.8) is 0 Å². The third-order valence-corrected chi connectivity index (χ3v) is 9.45. The number of esters is 1. The predicted molar refractivity (Wildman–Crippen MR) is 150 cm³/mol. The summed E-state index contributed by atoms with van der Waals surface area (Å²) in [6.45, 7) is 1.21. The summed E-state index contributed by atoms with van der Waals surface area (Å²) in [4.78, 5) is 67.1. The molecule has 13 nitrogen and oxygen atoms in total. The summed E-state index contributed by atoms with van der Waals surface area (Å²) < 4.78 is 41.3. The Labute approximate surface area is 241 Å². The van der Waals surface area contributed by atoms with Crippen molar-refractivity contribution in [3.8, 4) is 0 Å². The minimum absolute atomic E-state index is 0.105. The maximum Gasteiger partial charge on any atom is 0.338 e. The first-order valence-electron chi connectivity index (χ1n) is 12.6. The molecule has 0 radical (unpaired) electrons. The summed E-state index contributed by atoms with van der Waals surface area (Å²) in [6, 6.07) is 16.3. The second-order valence-corrected chi connectivity index (χ2v) is 12.8. The number of benzene rings is 2. The average Bonchev–Trinajstić information content (AvgIpc) is 3.50. The van der Waals surface area contributed by atoms with Crippen LogP contribution in [0.15, 0.2) is 76.7 Å². The number of ether oxygens (including phenoxy) is 2. The van der Waals surface area contributed by atoms with E-state index >= 15 is 4.39 Å². The van der Waals surface area contributed by atoms with Crippen LogP contribution in [0, 0.1) is 0 Å². The summed E-state index contributed by atoms with van der Waals surface area (Å²) >= 11 is 0.873. The number of alkyl halides is 1. The minimum Gasteiger partial charge on any atom is -0.451 e.